The lowest BCUT2D eigenvalue weighted by molar-refractivity contribution is -0.137. The van der Waals surface area contributed by atoms with Crippen LogP contribution in [-0.2, 0) is 9.59 Å². The SMILES string of the molecule is CCN(CC(=O)NC(C)C)C(=O)COc1c(C)cccc1C. The van der Waals surface area contributed by atoms with Crippen LogP contribution in [0.3, 0.4) is 0 Å². The van der Waals surface area contributed by atoms with Crippen LogP contribution in [0.15, 0.2) is 18.2 Å². The lowest BCUT2D eigenvalue weighted by Crippen LogP contribution is -2.44. The molecule has 122 valence electrons. The highest BCUT2D eigenvalue weighted by Crippen LogP contribution is 2.22. The minimum absolute atomic E-state index is 0.0592. The highest BCUT2D eigenvalue weighted by molar-refractivity contribution is 5.85. The Morgan fingerprint density at radius 1 is 1.23 bits per heavy atom. The van der Waals surface area contributed by atoms with Crippen molar-refractivity contribution in [2.24, 2.45) is 0 Å². The molecule has 2 amide bonds. The van der Waals surface area contributed by atoms with Crippen LogP contribution in [0.25, 0.3) is 0 Å². The molecule has 0 atom stereocenters. The molecular weight excluding hydrogens is 280 g/mol. The Bertz CT molecular complexity index is 506. The maximum absolute atomic E-state index is 12.2. The van der Waals surface area contributed by atoms with Gasteiger partial charge in [-0.25, -0.2) is 0 Å². The first-order chi connectivity index (χ1) is 10.3. The van der Waals surface area contributed by atoms with Crippen molar-refractivity contribution in [2.75, 3.05) is 19.7 Å². The Morgan fingerprint density at radius 2 is 1.82 bits per heavy atom. The zero-order valence-corrected chi connectivity index (χ0v) is 14.1. The van der Waals surface area contributed by atoms with Gasteiger partial charge in [0.15, 0.2) is 6.61 Å². The molecular formula is C17H26N2O3. The molecule has 0 aliphatic heterocycles. The van der Waals surface area contributed by atoms with E-state index in [1.54, 1.807) is 0 Å². The highest BCUT2D eigenvalue weighted by Gasteiger charge is 2.17. The lowest BCUT2D eigenvalue weighted by atomic mass is 10.1. The van der Waals surface area contributed by atoms with E-state index in [-0.39, 0.29) is 31.0 Å². The van der Waals surface area contributed by atoms with Crippen molar-refractivity contribution in [3.05, 3.63) is 29.3 Å². The molecule has 1 aromatic rings. The molecule has 0 bridgehead atoms. The number of ether oxygens (including phenoxy) is 1. The molecule has 0 fully saturated rings. The van der Waals surface area contributed by atoms with Crippen molar-refractivity contribution in [2.45, 2.75) is 40.7 Å². The average molecular weight is 306 g/mol. The Balaban J connectivity index is 2.60. The van der Waals surface area contributed by atoms with Gasteiger partial charge >= 0.3 is 0 Å². The predicted octanol–water partition coefficient (Wildman–Crippen LogP) is 2.06. The number of amides is 2. The molecule has 0 aliphatic rings. The van der Waals surface area contributed by atoms with E-state index in [4.69, 9.17) is 4.74 Å². The second-order valence-electron chi connectivity index (χ2n) is 5.64. The van der Waals surface area contributed by atoms with Gasteiger partial charge in [-0.1, -0.05) is 18.2 Å². The van der Waals surface area contributed by atoms with Gasteiger partial charge in [-0.15, -0.1) is 0 Å². The number of hydrogen-bond donors (Lipinski definition) is 1. The number of carbonyl (C=O) groups is 2. The maximum Gasteiger partial charge on any atom is 0.260 e. The summed E-state index contributed by atoms with van der Waals surface area (Å²) >= 11 is 0. The van der Waals surface area contributed by atoms with Crippen LogP contribution in [0, 0.1) is 13.8 Å². The summed E-state index contributed by atoms with van der Waals surface area (Å²) in [7, 11) is 0. The fourth-order valence-electron chi connectivity index (χ4n) is 2.17. The van der Waals surface area contributed by atoms with Crippen LogP contribution in [0.4, 0.5) is 0 Å². The molecule has 0 unspecified atom stereocenters. The van der Waals surface area contributed by atoms with Crippen LogP contribution in [0.1, 0.15) is 31.9 Å². The zero-order valence-electron chi connectivity index (χ0n) is 14.1. The van der Waals surface area contributed by atoms with Gasteiger partial charge in [0.1, 0.15) is 5.75 Å². The third-order valence-electron chi connectivity index (χ3n) is 3.27. The Hall–Kier alpha value is -2.04. The van der Waals surface area contributed by atoms with E-state index in [9.17, 15) is 9.59 Å². The first kappa shape index (κ1) is 18.0. The molecule has 0 saturated carbocycles. The van der Waals surface area contributed by atoms with Gasteiger partial charge < -0.3 is 15.0 Å². The first-order valence-electron chi connectivity index (χ1n) is 7.61. The van der Waals surface area contributed by atoms with Crippen molar-refractivity contribution in [1.29, 1.82) is 0 Å². The molecule has 0 saturated heterocycles. The van der Waals surface area contributed by atoms with Crippen LogP contribution in [-0.4, -0.2) is 42.5 Å². The summed E-state index contributed by atoms with van der Waals surface area (Å²) in [6.45, 7) is 9.99. The van der Waals surface area contributed by atoms with Gasteiger partial charge in [-0.2, -0.15) is 0 Å². The number of nitrogens with one attached hydrogen (secondary N) is 1. The molecule has 1 rings (SSSR count). The largest absolute Gasteiger partial charge is 0.483 e. The minimum Gasteiger partial charge on any atom is -0.483 e. The summed E-state index contributed by atoms with van der Waals surface area (Å²) in [6.07, 6.45) is 0. The van der Waals surface area contributed by atoms with Gasteiger partial charge in [-0.05, 0) is 45.7 Å². The van der Waals surface area contributed by atoms with Gasteiger partial charge in [-0.3, -0.25) is 9.59 Å². The van der Waals surface area contributed by atoms with E-state index in [1.807, 2.05) is 52.8 Å². The monoisotopic (exact) mass is 306 g/mol. The Labute approximate surface area is 132 Å². The molecule has 5 heteroatoms. The van der Waals surface area contributed by atoms with Crippen molar-refractivity contribution in [3.63, 3.8) is 0 Å². The standard InChI is InChI=1S/C17H26N2O3/c1-6-19(10-15(20)18-12(2)3)16(21)11-22-17-13(4)8-7-9-14(17)5/h7-9,12H,6,10-11H2,1-5H3,(H,18,20). The lowest BCUT2D eigenvalue weighted by Gasteiger charge is -2.21. The van der Waals surface area contributed by atoms with Gasteiger partial charge in [0.25, 0.3) is 5.91 Å². The van der Waals surface area contributed by atoms with Gasteiger partial charge in [0, 0.05) is 12.6 Å². The van der Waals surface area contributed by atoms with E-state index < -0.39 is 0 Å². The number of aryl methyl sites for hydroxylation is 2. The Kier molecular flexibility index (Phi) is 6.89. The third-order valence-corrected chi connectivity index (χ3v) is 3.27. The van der Waals surface area contributed by atoms with Gasteiger partial charge in [0.05, 0.1) is 6.54 Å². The summed E-state index contributed by atoms with van der Waals surface area (Å²) in [4.78, 5) is 25.5. The summed E-state index contributed by atoms with van der Waals surface area (Å²) < 4.78 is 5.65. The number of carbonyl (C=O) groups excluding carboxylic acids is 2. The smallest absolute Gasteiger partial charge is 0.260 e. The molecule has 5 nitrogen and oxygen atoms in total. The van der Waals surface area contributed by atoms with E-state index in [0.717, 1.165) is 16.9 Å². The number of likely N-dealkylation sites (N-methyl/N-ethyl adjacent to an activating group) is 1. The van der Waals surface area contributed by atoms with Crippen molar-refractivity contribution >= 4 is 11.8 Å². The third kappa shape index (κ3) is 5.39. The van der Waals surface area contributed by atoms with Gasteiger partial charge in [0.2, 0.25) is 5.91 Å². The molecule has 0 heterocycles. The predicted molar refractivity (Wildman–Crippen MR) is 86.9 cm³/mol. The normalized spacial score (nSPS) is 10.5. The van der Waals surface area contributed by atoms with Crippen molar-refractivity contribution in [3.8, 4) is 5.75 Å². The molecule has 0 spiro atoms. The fraction of sp³-hybridized carbons (Fsp3) is 0.529. The molecule has 0 aromatic heterocycles. The summed E-state index contributed by atoms with van der Waals surface area (Å²) in [5, 5.41) is 2.78. The van der Waals surface area contributed by atoms with Crippen molar-refractivity contribution < 1.29 is 14.3 Å². The summed E-state index contributed by atoms with van der Waals surface area (Å²) in [6, 6.07) is 5.90. The van der Waals surface area contributed by atoms with Crippen LogP contribution in [0.5, 0.6) is 5.75 Å². The summed E-state index contributed by atoms with van der Waals surface area (Å²) in [5.74, 6) is 0.389. The molecule has 22 heavy (non-hydrogen) atoms. The quantitative estimate of drug-likeness (QED) is 0.839. The van der Waals surface area contributed by atoms with E-state index in [1.165, 1.54) is 4.90 Å². The molecule has 0 radical (unpaired) electrons. The Morgan fingerprint density at radius 3 is 2.32 bits per heavy atom. The molecule has 1 aromatic carbocycles. The second-order valence-corrected chi connectivity index (χ2v) is 5.64. The van der Waals surface area contributed by atoms with Crippen LogP contribution in [0.2, 0.25) is 0 Å². The molecule has 1 N–H and O–H groups in total. The minimum atomic E-state index is -0.191. The average Bonchev–Trinajstić information content (AvgIpc) is 2.43. The van der Waals surface area contributed by atoms with E-state index in [0.29, 0.717) is 6.54 Å². The first-order valence-corrected chi connectivity index (χ1v) is 7.61. The maximum atomic E-state index is 12.2. The second kappa shape index (κ2) is 8.41. The fourth-order valence-corrected chi connectivity index (χ4v) is 2.17. The number of hydrogen-bond acceptors (Lipinski definition) is 3. The number of para-hydroxylation sites is 1. The zero-order chi connectivity index (χ0) is 16.7. The number of rotatable bonds is 7. The number of benzene rings is 1. The van der Waals surface area contributed by atoms with E-state index in [2.05, 4.69) is 5.32 Å². The molecule has 0 aliphatic carbocycles. The van der Waals surface area contributed by atoms with Crippen LogP contribution >= 0.6 is 0 Å². The van der Waals surface area contributed by atoms with Crippen LogP contribution < -0.4 is 10.1 Å². The summed E-state index contributed by atoms with van der Waals surface area (Å²) in [5.41, 5.74) is 1.99. The topological polar surface area (TPSA) is 58.6 Å². The number of nitrogens with zero attached hydrogens (tertiary/aromatic N) is 1. The van der Waals surface area contributed by atoms with E-state index >= 15 is 0 Å². The van der Waals surface area contributed by atoms with Crippen molar-refractivity contribution in [1.82, 2.24) is 10.2 Å². The highest BCUT2D eigenvalue weighted by atomic mass is 16.5.